The Morgan fingerprint density at radius 2 is 1.09 bits per heavy atom. The Kier molecular flexibility index (Phi) is 10.5. The minimum absolute atomic E-state index is 0. The van der Waals surface area contributed by atoms with Crippen molar-refractivity contribution in [3.63, 3.8) is 0 Å². The fourth-order valence-corrected chi connectivity index (χ4v) is 4.57. The zero-order valence-electron chi connectivity index (χ0n) is 19.1. The van der Waals surface area contributed by atoms with Crippen LogP contribution in [0.1, 0.15) is 24.0 Å². The lowest BCUT2D eigenvalue weighted by Crippen LogP contribution is -3.00. The monoisotopic (exact) mass is 656 g/mol. The fourth-order valence-electron chi connectivity index (χ4n) is 4.57. The smallest absolute Gasteiger partial charge is 0.104 e. The van der Waals surface area contributed by atoms with Crippen LogP contribution in [0.15, 0.2) is 83.1 Å². The number of nitrogens with zero attached hydrogens (tertiary/aromatic N) is 4. The van der Waals surface area contributed by atoms with Crippen LogP contribution < -0.4 is 48.0 Å². The van der Waals surface area contributed by atoms with Gasteiger partial charge in [0.15, 0.2) is 0 Å². The third kappa shape index (κ3) is 7.74. The Labute approximate surface area is 227 Å². The number of quaternary nitrogens is 2. The molecule has 0 fully saturated rings. The van der Waals surface area contributed by atoms with Gasteiger partial charge in [0.2, 0.25) is 0 Å². The van der Waals surface area contributed by atoms with Gasteiger partial charge in [0, 0.05) is 24.0 Å². The topological polar surface area (TPSA) is 24.7 Å². The Balaban J connectivity index is 0.00000181. The van der Waals surface area contributed by atoms with Crippen molar-refractivity contribution in [3.05, 3.63) is 84.0 Å². The molecular formula is C26H34I2N4. The summed E-state index contributed by atoms with van der Waals surface area (Å²) in [5.74, 6) is 0. The molecule has 0 radical (unpaired) electrons. The van der Waals surface area contributed by atoms with Gasteiger partial charge in [-0.25, -0.2) is 0 Å². The van der Waals surface area contributed by atoms with E-state index in [9.17, 15) is 0 Å². The summed E-state index contributed by atoms with van der Waals surface area (Å²) < 4.78 is 2.12. The molecule has 0 aliphatic carbocycles. The van der Waals surface area contributed by atoms with Crippen LogP contribution in [0.2, 0.25) is 0 Å². The Morgan fingerprint density at radius 3 is 1.47 bits per heavy atom. The third-order valence-corrected chi connectivity index (χ3v) is 6.33. The van der Waals surface area contributed by atoms with E-state index in [2.05, 4.69) is 85.0 Å². The first-order chi connectivity index (χ1) is 14.5. The van der Waals surface area contributed by atoms with Gasteiger partial charge in [0.25, 0.3) is 0 Å². The van der Waals surface area contributed by atoms with E-state index in [1.165, 1.54) is 37.1 Å². The molecule has 0 spiro atoms. The number of hydrogen-bond acceptors (Lipinski definition) is 2. The van der Waals surface area contributed by atoms with Crippen LogP contribution in [0.4, 0.5) is 11.4 Å². The van der Waals surface area contributed by atoms with Crippen LogP contribution in [0.25, 0.3) is 0 Å². The van der Waals surface area contributed by atoms with Gasteiger partial charge >= 0.3 is 0 Å². The van der Waals surface area contributed by atoms with E-state index < -0.39 is 0 Å². The zero-order chi connectivity index (χ0) is 20.9. The van der Waals surface area contributed by atoms with Gasteiger partial charge in [-0.15, -0.1) is 0 Å². The van der Waals surface area contributed by atoms with Crippen molar-refractivity contribution in [1.82, 2.24) is 0 Å². The van der Waals surface area contributed by atoms with Crippen LogP contribution >= 0.6 is 0 Å². The van der Waals surface area contributed by atoms with Crippen molar-refractivity contribution in [3.8, 4) is 0 Å². The molecule has 0 N–H and O–H groups in total. The van der Waals surface area contributed by atoms with Crippen LogP contribution in [-0.4, -0.2) is 49.2 Å². The second-order valence-corrected chi connectivity index (χ2v) is 9.43. The summed E-state index contributed by atoms with van der Waals surface area (Å²) in [5.41, 5.74) is 4.51. The van der Waals surface area contributed by atoms with E-state index in [1.807, 2.05) is 12.1 Å². The predicted molar refractivity (Wildman–Crippen MR) is 124 cm³/mol. The molecule has 4 rings (SSSR count). The van der Waals surface area contributed by atoms with Gasteiger partial charge in [-0.2, -0.15) is 10.2 Å². The van der Waals surface area contributed by atoms with Crippen molar-refractivity contribution >= 4 is 11.4 Å². The fraction of sp³-hybridized carbons (Fsp3) is 0.385. The maximum atomic E-state index is 4.55. The molecule has 0 amide bonds. The van der Waals surface area contributed by atoms with Crippen LogP contribution in [0.5, 0.6) is 0 Å². The van der Waals surface area contributed by atoms with Crippen LogP contribution in [0.3, 0.4) is 0 Å². The molecule has 2 aromatic rings. The third-order valence-electron chi connectivity index (χ3n) is 6.33. The minimum Gasteiger partial charge on any atom is -1.00 e. The Hall–Kier alpha value is -1.10. The summed E-state index contributed by atoms with van der Waals surface area (Å²) in [7, 11) is 4.68. The second-order valence-electron chi connectivity index (χ2n) is 9.43. The molecule has 2 heterocycles. The molecule has 0 saturated heterocycles. The molecule has 2 unspecified atom stereocenters. The highest BCUT2D eigenvalue weighted by molar-refractivity contribution is 5.43. The molecule has 2 aliphatic rings. The average Bonchev–Trinajstić information content (AvgIpc) is 2.73. The highest BCUT2D eigenvalue weighted by Gasteiger charge is 2.23. The number of rotatable bonds is 6. The lowest BCUT2D eigenvalue weighted by Gasteiger charge is -2.35. The number of halogens is 2. The number of benzene rings is 2. The average molecular weight is 656 g/mol. The highest BCUT2D eigenvalue weighted by atomic mass is 127. The molecule has 4 nitrogen and oxygen atoms in total. The summed E-state index contributed by atoms with van der Waals surface area (Å²) in [5, 5.41) is 9.09. The van der Waals surface area contributed by atoms with Crippen molar-refractivity contribution in [1.29, 1.82) is 0 Å². The van der Waals surface area contributed by atoms with E-state index in [4.69, 9.17) is 0 Å². The summed E-state index contributed by atoms with van der Waals surface area (Å²) in [4.78, 5) is 0. The van der Waals surface area contributed by atoms with E-state index >= 15 is 0 Å². The highest BCUT2D eigenvalue weighted by Crippen LogP contribution is 2.24. The van der Waals surface area contributed by atoms with E-state index in [0.717, 1.165) is 46.5 Å². The molecule has 6 heteroatoms. The second kappa shape index (κ2) is 12.4. The summed E-state index contributed by atoms with van der Waals surface area (Å²) in [6.45, 7) is 6.67. The number of azo groups is 1. The van der Waals surface area contributed by atoms with Crippen LogP contribution in [0, 0.1) is 0 Å². The van der Waals surface area contributed by atoms with Gasteiger partial charge in [-0.1, -0.05) is 36.4 Å². The summed E-state index contributed by atoms with van der Waals surface area (Å²) in [6.07, 6.45) is 11.5. The van der Waals surface area contributed by atoms with E-state index in [1.54, 1.807) is 0 Å². The SMILES string of the molecule is C[N+]1(Cc2cccc(N=Nc3cccc(C[N+]4(C)CC=CCC4)c3)c2)CC=CCC1.[I-].[I-]. The first-order valence-electron chi connectivity index (χ1n) is 11.1. The molecule has 0 saturated carbocycles. The van der Waals surface area contributed by atoms with Crippen molar-refractivity contribution in [2.24, 2.45) is 10.2 Å². The largest absolute Gasteiger partial charge is 1.00 e. The van der Waals surface area contributed by atoms with Crippen molar-refractivity contribution < 1.29 is 56.9 Å². The molecule has 0 bridgehead atoms. The number of hydrogen-bond donors (Lipinski definition) is 0. The Bertz CT molecular complexity index is 894. The molecular weight excluding hydrogens is 622 g/mol. The first kappa shape index (κ1) is 27.1. The maximum absolute atomic E-state index is 4.55. The van der Waals surface area contributed by atoms with Gasteiger partial charge in [0.1, 0.15) is 13.1 Å². The summed E-state index contributed by atoms with van der Waals surface area (Å²) in [6, 6.07) is 17.1. The standard InChI is InChI=1S/C26H34N4.2HI/c1-29(15-5-3-6-16-29)21-23-11-9-13-25(19-23)27-28-26-14-10-12-24(20-26)22-30(2)17-7-4-8-18-30;;/h3-5,7,9-14,19-20H,6,8,15-18,21-22H2,1-2H3;2*1H/q+2;;/p-2. The number of likely N-dealkylation sites (N-methyl/N-ethyl adjacent to an activating group) is 2. The van der Waals surface area contributed by atoms with Gasteiger partial charge in [-0.3, -0.25) is 0 Å². The van der Waals surface area contributed by atoms with Crippen molar-refractivity contribution in [2.45, 2.75) is 25.9 Å². The lowest BCUT2D eigenvalue weighted by molar-refractivity contribution is -0.918. The van der Waals surface area contributed by atoms with Gasteiger partial charge < -0.3 is 56.9 Å². The van der Waals surface area contributed by atoms with E-state index in [0.29, 0.717) is 0 Å². The summed E-state index contributed by atoms with van der Waals surface area (Å²) >= 11 is 0. The normalized spacial score (nSPS) is 24.7. The molecule has 32 heavy (non-hydrogen) atoms. The zero-order valence-corrected chi connectivity index (χ0v) is 23.4. The Morgan fingerprint density at radius 1 is 0.656 bits per heavy atom. The minimum atomic E-state index is 0. The molecule has 2 atom stereocenters. The first-order valence-corrected chi connectivity index (χ1v) is 11.1. The predicted octanol–water partition coefficient (Wildman–Crippen LogP) is -0.0770. The molecule has 2 aliphatic heterocycles. The van der Waals surface area contributed by atoms with Gasteiger partial charge in [0.05, 0.1) is 51.6 Å². The molecule has 0 aromatic heterocycles. The molecule has 2 aromatic carbocycles. The lowest BCUT2D eigenvalue weighted by atomic mass is 10.1. The quantitative estimate of drug-likeness (QED) is 0.180. The maximum Gasteiger partial charge on any atom is 0.104 e. The van der Waals surface area contributed by atoms with Crippen molar-refractivity contribution in [2.75, 3.05) is 40.3 Å². The van der Waals surface area contributed by atoms with E-state index in [-0.39, 0.29) is 48.0 Å². The molecule has 172 valence electrons. The van der Waals surface area contributed by atoms with Crippen LogP contribution in [-0.2, 0) is 13.1 Å². The van der Waals surface area contributed by atoms with Gasteiger partial charge in [-0.05, 0) is 36.4 Å².